The zero-order valence-corrected chi connectivity index (χ0v) is 17.4. The van der Waals surface area contributed by atoms with E-state index in [1.165, 1.54) is 0 Å². The number of aryl methyl sites for hydroxylation is 2. The Morgan fingerprint density at radius 1 is 1.34 bits per heavy atom. The highest BCUT2D eigenvalue weighted by atomic mass is 32.1. The van der Waals surface area contributed by atoms with Gasteiger partial charge in [-0.2, -0.15) is 10.1 Å². The van der Waals surface area contributed by atoms with Crippen molar-refractivity contribution in [1.82, 2.24) is 30.2 Å². The number of amides is 1. The average Bonchev–Trinajstić information content (AvgIpc) is 3.44. The van der Waals surface area contributed by atoms with Gasteiger partial charge >= 0.3 is 0 Å². The number of nitrogens with one attached hydrogen (secondary N) is 1. The number of pyridine rings is 1. The second kappa shape index (κ2) is 8.12. The van der Waals surface area contributed by atoms with E-state index in [1.807, 2.05) is 42.1 Å². The van der Waals surface area contributed by atoms with Gasteiger partial charge in [-0.15, -0.1) is 11.3 Å². The number of thiophene rings is 1. The Hall–Kier alpha value is -3.07. The van der Waals surface area contributed by atoms with Crippen molar-refractivity contribution in [2.45, 2.75) is 39.7 Å². The number of nitrogens with zero attached hydrogens (tertiary/aromatic N) is 5. The lowest BCUT2D eigenvalue weighted by Gasteiger charge is -2.10. The summed E-state index contributed by atoms with van der Waals surface area (Å²) in [7, 11) is 0. The molecule has 0 aliphatic heterocycles. The van der Waals surface area contributed by atoms with E-state index in [0.717, 1.165) is 21.6 Å². The topological polar surface area (TPSA) is 98.7 Å². The molecule has 0 bridgehead atoms. The van der Waals surface area contributed by atoms with E-state index in [0.29, 0.717) is 36.7 Å². The van der Waals surface area contributed by atoms with Gasteiger partial charge in [-0.25, -0.2) is 9.67 Å². The Kier molecular flexibility index (Phi) is 5.39. The lowest BCUT2D eigenvalue weighted by Crippen LogP contribution is -2.25. The lowest BCUT2D eigenvalue weighted by atomic mass is 10.1. The molecule has 4 aromatic rings. The maximum Gasteiger partial charge on any atom is 0.252 e. The van der Waals surface area contributed by atoms with Crippen LogP contribution in [0, 0.1) is 6.92 Å². The van der Waals surface area contributed by atoms with Crippen LogP contribution in [0.3, 0.4) is 0 Å². The summed E-state index contributed by atoms with van der Waals surface area (Å²) in [6, 6.07) is 5.97. The maximum absolute atomic E-state index is 13.0. The molecule has 4 aromatic heterocycles. The fraction of sp³-hybridized carbons (Fsp3) is 0.350. The Bertz CT molecular complexity index is 1130. The van der Waals surface area contributed by atoms with Gasteiger partial charge < -0.3 is 9.84 Å². The third-order valence-corrected chi connectivity index (χ3v) is 5.39. The molecule has 0 fully saturated rings. The van der Waals surface area contributed by atoms with Crippen LogP contribution in [-0.4, -0.2) is 37.4 Å². The number of carbonyl (C=O) groups is 1. The minimum absolute atomic E-state index is 0.139. The molecule has 9 heteroatoms. The standard InChI is InChI=1S/C20H22N6O2S/c1-12(2)26-19-15(11-22-26)14(10-16(24-19)17-6-5-9-29-17)20(27)21-8-4-7-18-23-13(3)25-28-18/h5-6,9-12H,4,7-8H2,1-3H3,(H,21,27). The zero-order chi connectivity index (χ0) is 20.4. The molecular formula is C20H22N6O2S. The smallest absolute Gasteiger partial charge is 0.252 e. The molecule has 0 aliphatic carbocycles. The Morgan fingerprint density at radius 2 is 2.21 bits per heavy atom. The van der Waals surface area contributed by atoms with Crippen LogP contribution in [0.2, 0.25) is 0 Å². The minimum atomic E-state index is -0.139. The fourth-order valence-corrected chi connectivity index (χ4v) is 3.80. The van der Waals surface area contributed by atoms with Gasteiger partial charge in [-0.3, -0.25) is 4.79 Å². The molecule has 0 unspecified atom stereocenters. The van der Waals surface area contributed by atoms with E-state index >= 15 is 0 Å². The number of hydrogen-bond acceptors (Lipinski definition) is 7. The third kappa shape index (κ3) is 4.04. The van der Waals surface area contributed by atoms with Crippen LogP contribution in [0.5, 0.6) is 0 Å². The van der Waals surface area contributed by atoms with Gasteiger partial charge in [0.05, 0.1) is 27.7 Å². The van der Waals surface area contributed by atoms with Gasteiger partial charge in [-0.1, -0.05) is 11.2 Å². The van der Waals surface area contributed by atoms with Crippen molar-refractivity contribution in [2.75, 3.05) is 6.54 Å². The van der Waals surface area contributed by atoms with Crippen LogP contribution in [0.1, 0.15) is 48.4 Å². The molecule has 4 heterocycles. The fourth-order valence-electron chi connectivity index (χ4n) is 3.11. The van der Waals surface area contributed by atoms with Crippen molar-refractivity contribution in [3.63, 3.8) is 0 Å². The number of carbonyl (C=O) groups excluding carboxylic acids is 1. The largest absolute Gasteiger partial charge is 0.352 e. The Balaban J connectivity index is 1.57. The van der Waals surface area contributed by atoms with Gasteiger partial charge in [-0.05, 0) is 44.7 Å². The average molecular weight is 411 g/mol. The first-order chi connectivity index (χ1) is 14.0. The SMILES string of the molecule is Cc1noc(CCCNC(=O)c2cc(-c3cccs3)nc3c2cnn3C(C)C)n1. The first kappa shape index (κ1) is 19.3. The summed E-state index contributed by atoms with van der Waals surface area (Å²) in [5.74, 6) is 1.06. The molecule has 4 rings (SSSR count). The van der Waals surface area contributed by atoms with Crippen LogP contribution in [-0.2, 0) is 6.42 Å². The summed E-state index contributed by atoms with van der Waals surface area (Å²) < 4.78 is 6.95. The van der Waals surface area contributed by atoms with Crippen molar-refractivity contribution < 1.29 is 9.32 Å². The van der Waals surface area contributed by atoms with Gasteiger partial charge in [0.15, 0.2) is 11.5 Å². The maximum atomic E-state index is 13.0. The zero-order valence-electron chi connectivity index (χ0n) is 16.5. The van der Waals surface area contributed by atoms with Crippen LogP contribution >= 0.6 is 11.3 Å². The molecule has 0 saturated heterocycles. The van der Waals surface area contributed by atoms with Crippen molar-refractivity contribution in [3.05, 3.63) is 47.1 Å². The highest BCUT2D eigenvalue weighted by molar-refractivity contribution is 7.13. The first-order valence-corrected chi connectivity index (χ1v) is 10.4. The molecule has 29 heavy (non-hydrogen) atoms. The molecule has 0 aromatic carbocycles. The highest BCUT2D eigenvalue weighted by Crippen LogP contribution is 2.28. The summed E-state index contributed by atoms with van der Waals surface area (Å²) in [5, 5.41) is 14.0. The molecule has 1 amide bonds. The summed E-state index contributed by atoms with van der Waals surface area (Å²) in [6.07, 6.45) is 3.06. The minimum Gasteiger partial charge on any atom is -0.352 e. The Morgan fingerprint density at radius 3 is 2.90 bits per heavy atom. The summed E-state index contributed by atoms with van der Waals surface area (Å²) >= 11 is 1.60. The monoisotopic (exact) mass is 410 g/mol. The molecule has 0 aliphatic rings. The molecule has 1 N–H and O–H groups in total. The summed E-state index contributed by atoms with van der Waals surface area (Å²) in [6.45, 7) is 6.39. The second-order valence-electron chi connectivity index (χ2n) is 7.05. The van der Waals surface area contributed by atoms with Crippen LogP contribution < -0.4 is 5.32 Å². The van der Waals surface area contributed by atoms with Crippen molar-refractivity contribution in [2.24, 2.45) is 0 Å². The van der Waals surface area contributed by atoms with E-state index in [2.05, 4.69) is 20.6 Å². The van der Waals surface area contributed by atoms with Gasteiger partial charge in [0.2, 0.25) is 5.89 Å². The van der Waals surface area contributed by atoms with E-state index in [4.69, 9.17) is 9.51 Å². The van der Waals surface area contributed by atoms with Gasteiger partial charge in [0.25, 0.3) is 5.91 Å². The Labute approximate surface area is 172 Å². The molecule has 0 saturated carbocycles. The predicted molar refractivity (Wildman–Crippen MR) is 111 cm³/mol. The van der Waals surface area contributed by atoms with Crippen molar-refractivity contribution in [3.8, 4) is 10.6 Å². The third-order valence-electron chi connectivity index (χ3n) is 4.50. The quantitative estimate of drug-likeness (QED) is 0.465. The van der Waals surface area contributed by atoms with E-state index in [1.54, 1.807) is 24.5 Å². The van der Waals surface area contributed by atoms with Crippen LogP contribution in [0.4, 0.5) is 0 Å². The molecular weight excluding hydrogens is 388 g/mol. The summed E-state index contributed by atoms with van der Waals surface area (Å²) in [5.41, 5.74) is 2.08. The predicted octanol–water partition coefficient (Wildman–Crippen LogP) is 3.79. The van der Waals surface area contributed by atoms with E-state index in [9.17, 15) is 4.79 Å². The summed E-state index contributed by atoms with van der Waals surface area (Å²) in [4.78, 5) is 22.9. The molecule has 0 radical (unpaired) electrons. The molecule has 0 atom stereocenters. The van der Waals surface area contributed by atoms with Gasteiger partial charge in [0.1, 0.15) is 0 Å². The first-order valence-electron chi connectivity index (χ1n) is 9.52. The second-order valence-corrected chi connectivity index (χ2v) is 8.00. The number of aromatic nitrogens is 5. The normalized spacial score (nSPS) is 11.4. The number of rotatable bonds is 7. The highest BCUT2D eigenvalue weighted by Gasteiger charge is 2.18. The molecule has 0 spiro atoms. The van der Waals surface area contributed by atoms with Crippen molar-refractivity contribution in [1.29, 1.82) is 0 Å². The van der Waals surface area contributed by atoms with E-state index in [-0.39, 0.29) is 11.9 Å². The van der Waals surface area contributed by atoms with Crippen LogP contribution in [0.25, 0.3) is 21.6 Å². The van der Waals surface area contributed by atoms with E-state index < -0.39 is 0 Å². The number of fused-ring (bicyclic) bond motifs is 1. The van der Waals surface area contributed by atoms with Crippen LogP contribution in [0.15, 0.2) is 34.3 Å². The number of hydrogen-bond donors (Lipinski definition) is 1. The molecule has 8 nitrogen and oxygen atoms in total. The lowest BCUT2D eigenvalue weighted by molar-refractivity contribution is 0.0954. The molecule has 150 valence electrons. The van der Waals surface area contributed by atoms with Gasteiger partial charge in [0, 0.05) is 19.0 Å². The van der Waals surface area contributed by atoms with Crippen molar-refractivity contribution >= 4 is 28.3 Å².